The molecule has 0 saturated heterocycles. The summed E-state index contributed by atoms with van der Waals surface area (Å²) in [6.07, 6.45) is 2.29. The maximum Gasteiger partial charge on any atom is 0.326 e. The van der Waals surface area contributed by atoms with Crippen molar-refractivity contribution in [1.29, 1.82) is 0 Å². The summed E-state index contributed by atoms with van der Waals surface area (Å²) in [6.45, 7) is 1.74. The van der Waals surface area contributed by atoms with Gasteiger partial charge in [0.1, 0.15) is 11.8 Å². The van der Waals surface area contributed by atoms with E-state index >= 15 is 0 Å². The number of hydrogen-bond donors (Lipinski definition) is 2. The van der Waals surface area contributed by atoms with Gasteiger partial charge in [0.05, 0.1) is 0 Å². The van der Waals surface area contributed by atoms with E-state index in [-0.39, 0.29) is 6.61 Å². The lowest BCUT2D eigenvalue weighted by Crippen LogP contribution is -2.43. The van der Waals surface area contributed by atoms with Gasteiger partial charge in [-0.05, 0) is 43.0 Å². The Hall–Kier alpha value is -1.69. The number of ether oxygens (including phenoxy) is 1. The molecular weight excluding hydrogens is 278 g/mol. The average molecular weight is 297 g/mol. The van der Waals surface area contributed by atoms with E-state index in [9.17, 15) is 9.59 Å². The van der Waals surface area contributed by atoms with Gasteiger partial charge in [0.2, 0.25) is 0 Å². The predicted molar refractivity (Wildman–Crippen MR) is 79.2 cm³/mol. The molecule has 110 valence electrons. The van der Waals surface area contributed by atoms with E-state index in [1.165, 1.54) is 0 Å². The van der Waals surface area contributed by atoms with E-state index in [1.54, 1.807) is 17.8 Å². The number of aryl methyl sites for hydroxylation is 1. The molecule has 0 spiro atoms. The molecule has 6 heteroatoms. The number of benzene rings is 1. The third-order valence-corrected chi connectivity index (χ3v) is 3.25. The second-order valence-electron chi connectivity index (χ2n) is 4.34. The highest BCUT2D eigenvalue weighted by Gasteiger charge is 2.19. The van der Waals surface area contributed by atoms with Crippen LogP contribution >= 0.6 is 11.8 Å². The largest absolute Gasteiger partial charge is 0.484 e. The van der Waals surface area contributed by atoms with Crippen molar-refractivity contribution in [3.8, 4) is 5.75 Å². The summed E-state index contributed by atoms with van der Waals surface area (Å²) < 4.78 is 5.32. The minimum absolute atomic E-state index is 0.188. The van der Waals surface area contributed by atoms with E-state index < -0.39 is 17.9 Å². The highest BCUT2D eigenvalue weighted by molar-refractivity contribution is 7.98. The second kappa shape index (κ2) is 8.47. The molecule has 5 nitrogen and oxygen atoms in total. The van der Waals surface area contributed by atoms with Gasteiger partial charge in [-0.15, -0.1) is 0 Å². The van der Waals surface area contributed by atoms with Crippen LogP contribution in [0.5, 0.6) is 5.75 Å². The zero-order valence-electron chi connectivity index (χ0n) is 11.6. The van der Waals surface area contributed by atoms with Crippen LogP contribution in [-0.4, -0.2) is 41.6 Å². The maximum atomic E-state index is 11.7. The van der Waals surface area contributed by atoms with Gasteiger partial charge in [0.15, 0.2) is 6.61 Å². The Morgan fingerprint density at radius 1 is 1.45 bits per heavy atom. The average Bonchev–Trinajstić information content (AvgIpc) is 2.41. The number of hydrogen-bond acceptors (Lipinski definition) is 4. The number of amides is 1. The quantitative estimate of drug-likeness (QED) is 0.764. The molecule has 0 aliphatic heterocycles. The SMILES string of the molecule is CSCC[C@@H](NC(=O)COc1cccc(C)c1)C(=O)O. The molecule has 1 amide bonds. The molecule has 0 heterocycles. The van der Waals surface area contributed by atoms with Gasteiger partial charge in [-0.2, -0.15) is 11.8 Å². The molecule has 1 rings (SSSR count). The highest BCUT2D eigenvalue weighted by atomic mass is 32.2. The Morgan fingerprint density at radius 3 is 2.80 bits per heavy atom. The molecule has 2 N–H and O–H groups in total. The van der Waals surface area contributed by atoms with Crippen molar-refractivity contribution in [2.75, 3.05) is 18.6 Å². The fraction of sp³-hybridized carbons (Fsp3) is 0.429. The van der Waals surface area contributed by atoms with Crippen molar-refractivity contribution < 1.29 is 19.4 Å². The normalized spacial score (nSPS) is 11.7. The lowest BCUT2D eigenvalue weighted by Gasteiger charge is -2.14. The van der Waals surface area contributed by atoms with Crippen LogP contribution in [0.15, 0.2) is 24.3 Å². The minimum Gasteiger partial charge on any atom is -0.484 e. The Bertz CT molecular complexity index is 464. The summed E-state index contributed by atoms with van der Waals surface area (Å²) in [7, 11) is 0. The molecule has 1 aromatic rings. The minimum atomic E-state index is -1.03. The summed E-state index contributed by atoms with van der Waals surface area (Å²) in [5.74, 6) is -0.185. The van der Waals surface area contributed by atoms with Gasteiger partial charge in [-0.3, -0.25) is 4.79 Å². The number of carboxylic acids is 1. The molecule has 20 heavy (non-hydrogen) atoms. The molecule has 1 atom stereocenters. The standard InChI is InChI=1S/C14H19NO4S/c1-10-4-3-5-11(8-10)19-9-13(16)15-12(14(17)18)6-7-20-2/h3-5,8,12H,6-7,9H2,1-2H3,(H,15,16)(H,17,18)/t12-/m1/s1. The first-order chi connectivity index (χ1) is 9.52. The molecule has 0 aromatic heterocycles. The van der Waals surface area contributed by atoms with Crippen molar-refractivity contribution in [3.05, 3.63) is 29.8 Å². The Balaban J connectivity index is 2.43. The van der Waals surface area contributed by atoms with Gasteiger partial charge >= 0.3 is 5.97 Å². The van der Waals surface area contributed by atoms with Crippen molar-refractivity contribution >= 4 is 23.6 Å². The summed E-state index contributed by atoms with van der Waals surface area (Å²) in [5.41, 5.74) is 1.03. The Kier molecular flexibility index (Phi) is 6.93. The molecule has 1 aromatic carbocycles. The van der Waals surface area contributed by atoms with Crippen LogP contribution in [0, 0.1) is 6.92 Å². The first-order valence-corrected chi connectivity index (χ1v) is 7.63. The molecule has 0 aliphatic carbocycles. The van der Waals surface area contributed by atoms with E-state index in [2.05, 4.69) is 5.32 Å². The third kappa shape index (κ3) is 5.97. The van der Waals surface area contributed by atoms with E-state index in [0.29, 0.717) is 17.9 Å². The summed E-state index contributed by atoms with van der Waals surface area (Å²) in [6, 6.07) is 6.46. The van der Waals surface area contributed by atoms with Crippen molar-refractivity contribution in [3.63, 3.8) is 0 Å². The fourth-order valence-corrected chi connectivity index (χ4v) is 2.05. The van der Waals surface area contributed by atoms with Gasteiger partial charge in [0, 0.05) is 0 Å². The second-order valence-corrected chi connectivity index (χ2v) is 5.33. The van der Waals surface area contributed by atoms with Crippen LogP contribution in [0.25, 0.3) is 0 Å². The van der Waals surface area contributed by atoms with Crippen LogP contribution < -0.4 is 10.1 Å². The van der Waals surface area contributed by atoms with Gasteiger partial charge in [-0.25, -0.2) is 4.79 Å². The Morgan fingerprint density at radius 2 is 2.20 bits per heavy atom. The first kappa shape index (κ1) is 16.4. The summed E-state index contributed by atoms with van der Waals surface area (Å²) >= 11 is 1.54. The zero-order valence-corrected chi connectivity index (χ0v) is 12.4. The lowest BCUT2D eigenvalue weighted by molar-refractivity contribution is -0.142. The number of rotatable bonds is 8. The first-order valence-electron chi connectivity index (χ1n) is 6.23. The molecule has 0 radical (unpaired) electrons. The topological polar surface area (TPSA) is 75.6 Å². The monoisotopic (exact) mass is 297 g/mol. The molecular formula is C14H19NO4S. The number of aliphatic carboxylic acids is 1. The molecule has 0 aliphatic rings. The maximum absolute atomic E-state index is 11.7. The van der Waals surface area contributed by atoms with Crippen molar-refractivity contribution in [2.24, 2.45) is 0 Å². The zero-order chi connectivity index (χ0) is 15.0. The number of carboxylic acid groups (broad SMARTS) is 1. The van der Waals surface area contributed by atoms with Crippen LogP contribution in [0.1, 0.15) is 12.0 Å². The summed E-state index contributed by atoms with van der Waals surface area (Å²) in [4.78, 5) is 22.7. The van der Waals surface area contributed by atoms with E-state index in [1.807, 2.05) is 31.4 Å². The van der Waals surface area contributed by atoms with E-state index in [4.69, 9.17) is 9.84 Å². The van der Waals surface area contributed by atoms with Crippen LogP contribution in [0.4, 0.5) is 0 Å². The molecule has 0 bridgehead atoms. The number of thioether (sulfide) groups is 1. The number of nitrogens with one attached hydrogen (secondary N) is 1. The predicted octanol–water partition coefficient (Wildman–Crippen LogP) is 1.70. The van der Waals surface area contributed by atoms with Gasteiger partial charge in [-0.1, -0.05) is 12.1 Å². The smallest absolute Gasteiger partial charge is 0.326 e. The lowest BCUT2D eigenvalue weighted by atomic mass is 10.2. The van der Waals surface area contributed by atoms with Crippen molar-refractivity contribution in [1.82, 2.24) is 5.32 Å². The third-order valence-electron chi connectivity index (χ3n) is 2.60. The van der Waals surface area contributed by atoms with Crippen LogP contribution in [0.2, 0.25) is 0 Å². The summed E-state index contributed by atoms with van der Waals surface area (Å²) in [5, 5.41) is 11.5. The van der Waals surface area contributed by atoms with Crippen LogP contribution in [-0.2, 0) is 9.59 Å². The molecule has 0 fully saturated rings. The van der Waals surface area contributed by atoms with Crippen LogP contribution in [0.3, 0.4) is 0 Å². The van der Waals surface area contributed by atoms with Crippen molar-refractivity contribution in [2.45, 2.75) is 19.4 Å². The van der Waals surface area contributed by atoms with Gasteiger partial charge in [0.25, 0.3) is 5.91 Å². The molecule has 0 saturated carbocycles. The fourth-order valence-electron chi connectivity index (χ4n) is 1.58. The van der Waals surface area contributed by atoms with E-state index in [0.717, 1.165) is 5.56 Å². The molecule has 0 unspecified atom stereocenters. The number of carbonyl (C=O) groups is 2. The number of carbonyl (C=O) groups excluding carboxylic acids is 1. The van der Waals surface area contributed by atoms with Gasteiger partial charge < -0.3 is 15.2 Å². The highest BCUT2D eigenvalue weighted by Crippen LogP contribution is 2.12. The Labute approximate surface area is 122 Å².